The first kappa shape index (κ1) is 17.7. The molecule has 0 aromatic heterocycles. The van der Waals surface area contributed by atoms with Gasteiger partial charge in [-0.3, -0.25) is 4.90 Å². The first-order valence-corrected chi connectivity index (χ1v) is 9.03. The smallest absolute Gasteiger partial charge is 0.173 e. The topological polar surface area (TPSA) is 27.7 Å². The van der Waals surface area contributed by atoms with Gasteiger partial charge in [-0.1, -0.05) is 42.0 Å². The van der Waals surface area contributed by atoms with E-state index in [0.717, 1.165) is 49.3 Å². The molecule has 4 nitrogen and oxygen atoms in total. The Morgan fingerprint density at radius 1 is 1.08 bits per heavy atom. The Bertz CT molecular complexity index is 726. The standard InChI is InChI=1S/C20H25N3OS/c1-16-6-5-7-17(14-16)15-22-10-12-23(13-11-22)20(25)21-18-8-3-4-9-19(18)24-2/h3-9,14H,10-13,15H2,1-2H3,(H,21,25). The number of rotatable bonds is 4. The number of nitrogens with zero attached hydrogens (tertiary/aromatic N) is 2. The minimum absolute atomic E-state index is 0.764. The number of benzene rings is 2. The van der Waals surface area contributed by atoms with E-state index in [2.05, 4.69) is 46.3 Å². The minimum atomic E-state index is 0.764. The van der Waals surface area contributed by atoms with Crippen molar-refractivity contribution in [1.29, 1.82) is 0 Å². The SMILES string of the molecule is COc1ccccc1NC(=S)N1CCN(Cc2cccc(C)c2)CC1. The molecule has 1 aliphatic rings. The van der Waals surface area contributed by atoms with Crippen LogP contribution in [-0.4, -0.2) is 48.2 Å². The molecule has 2 aromatic carbocycles. The molecule has 3 rings (SSSR count). The van der Waals surface area contributed by atoms with Crippen LogP contribution in [0.3, 0.4) is 0 Å². The molecule has 0 saturated carbocycles. The highest BCUT2D eigenvalue weighted by Gasteiger charge is 2.19. The van der Waals surface area contributed by atoms with Crippen molar-refractivity contribution in [3.8, 4) is 5.75 Å². The van der Waals surface area contributed by atoms with Crippen LogP contribution >= 0.6 is 12.2 Å². The summed E-state index contributed by atoms with van der Waals surface area (Å²) in [5.41, 5.74) is 3.61. The van der Waals surface area contributed by atoms with Gasteiger partial charge in [0, 0.05) is 32.7 Å². The number of aryl methyl sites for hydroxylation is 1. The van der Waals surface area contributed by atoms with Crippen molar-refractivity contribution in [2.75, 3.05) is 38.6 Å². The fraction of sp³-hybridized carbons (Fsp3) is 0.350. The molecule has 132 valence electrons. The molecule has 0 atom stereocenters. The second kappa shape index (κ2) is 8.32. The summed E-state index contributed by atoms with van der Waals surface area (Å²) in [7, 11) is 1.67. The first-order chi connectivity index (χ1) is 12.2. The summed E-state index contributed by atoms with van der Waals surface area (Å²) >= 11 is 5.59. The number of methoxy groups -OCH3 is 1. The van der Waals surface area contributed by atoms with Crippen LogP contribution in [0.5, 0.6) is 5.75 Å². The summed E-state index contributed by atoms with van der Waals surface area (Å²) in [4.78, 5) is 4.71. The lowest BCUT2D eigenvalue weighted by atomic mass is 10.1. The molecule has 0 bridgehead atoms. The normalized spacial score (nSPS) is 15.0. The monoisotopic (exact) mass is 355 g/mol. The van der Waals surface area contributed by atoms with Crippen molar-refractivity contribution in [1.82, 2.24) is 9.80 Å². The molecule has 1 N–H and O–H groups in total. The van der Waals surface area contributed by atoms with E-state index in [0.29, 0.717) is 0 Å². The fourth-order valence-electron chi connectivity index (χ4n) is 3.12. The molecule has 0 amide bonds. The quantitative estimate of drug-likeness (QED) is 0.847. The third-order valence-corrected chi connectivity index (χ3v) is 4.86. The lowest BCUT2D eigenvalue weighted by molar-refractivity contribution is 0.177. The Balaban J connectivity index is 1.52. The lowest BCUT2D eigenvalue weighted by Crippen LogP contribution is -2.49. The van der Waals surface area contributed by atoms with Crippen molar-refractivity contribution in [3.63, 3.8) is 0 Å². The molecule has 1 aliphatic heterocycles. The minimum Gasteiger partial charge on any atom is -0.495 e. The first-order valence-electron chi connectivity index (χ1n) is 8.62. The molecule has 1 fully saturated rings. The molecular weight excluding hydrogens is 330 g/mol. The number of hydrogen-bond donors (Lipinski definition) is 1. The third-order valence-electron chi connectivity index (χ3n) is 4.50. The molecule has 0 spiro atoms. The summed E-state index contributed by atoms with van der Waals surface area (Å²) in [6.07, 6.45) is 0. The van der Waals surface area contributed by atoms with Crippen LogP contribution in [0, 0.1) is 6.92 Å². The van der Waals surface area contributed by atoms with Gasteiger partial charge in [0.15, 0.2) is 5.11 Å². The Morgan fingerprint density at radius 3 is 2.56 bits per heavy atom. The van der Waals surface area contributed by atoms with Crippen molar-refractivity contribution >= 4 is 23.0 Å². The highest BCUT2D eigenvalue weighted by molar-refractivity contribution is 7.80. The average molecular weight is 356 g/mol. The van der Waals surface area contributed by atoms with Gasteiger partial charge in [-0.2, -0.15) is 0 Å². The Hall–Kier alpha value is -2.11. The zero-order valence-electron chi connectivity index (χ0n) is 14.9. The maximum Gasteiger partial charge on any atom is 0.173 e. The lowest BCUT2D eigenvalue weighted by Gasteiger charge is -2.36. The van der Waals surface area contributed by atoms with Crippen LogP contribution in [-0.2, 0) is 6.54 Å². The van der Waals surface area contributed by atoms with E-state index < -0.39 is 0 Å². The zero-order valence-corrected chi connectivity index (χ0v) is 15.7. The van der Waals surface area contributed by atoms with Crippen LogP contribution in [0.15, 0.2) is 48.5 Å². The second-order valence-corrected chi connectivity index (χ2v) is 6.77. The average Bonchev–Trinajstić information content (AvgIpc) is 2.63. The van der Waals surface area contributed by atoms with Gasteiger partial charge in [0.2, 0.25) is 0 Å². The molecule has 1 saturated heterocycles. The Morgan fingerprint density at radius 2 is 1.84 bits per heavy atom. The highest BCUT2D eigenvalue weighted by atomic mass is 32.1. The number of nitrogens with one attached hydrogen (secondary N) is 1. The predicted molar refractivity (Wildman–Crippen MR) is 107 cm³/mol. The van der Waals surface area contributed by atoms with Crippen LogP contribution in [0.1, 0.15) is 11.1 Å². The van der Waals surface area contributed by atoms with Crippen LogP contribution < -0.4 is 10.1 Å². The van der Waals surface area contributed by atoms with E-state index >= 15 is 0 Å². The van der Waals surface area contributed by atoms with Crippen LogP contribution in [0.2, 0.25) is 0 Å². The molecule has 1 heterocycles. The summed E-state index contributed by atoms with van der Waals surface area (Å²) < 4.78 is 5.38. The third kappa shape index (κ3) is 4.71. The van der Waals surface area contributed by atoms with Gasteiger partial charge >= 0.3 is 0 Å². The molecule has 0 aliphatic carbocycles. The van der Waals surface area contributed by atoms with Crippen LogP contribution in [0.25, 0.3) is 0 Å². The van der Waals surface area contributed by atoms with Gasteiger partial charge in [-0.05, 0) is 36.8 Å². The number of thiocarbonyl (C=S) groups is 1. The van der Waals surface area contributed by atoms with Gasteiger partial charge in [-0.15, -0.1) is 0 Å². The number of ether oxygens (including phenoxy) is 1. The van der Waals surface area contributed by atoms with E-state index in [9.17, 15) is 0 Å². The van der Waals surface area contributed by atoms with E-state index in [4.69, 9.17) is 17.0 Å². The molecular formula is C20H25N3OS. The van der Waals surface area contributed by atoms with E-state index in [-0.39, 0.29) is 0 Å². The van der Waals surface area contributed by atoms with Gasteiger partial charge in [0.1, 0.15) is 5.75 Å². The van der Waals surface area contributed by atoms with Crippen molar-refractivity contribution in [3.05, 3.63) is 59.7 Å². The highest BCUT2D eigenvalue weighted by Crippen LogP contribution is 2.23. The molecule has 0 radical (unpaired) electrons. The fourth-order valence-corrected chi connectivity index (χ4v) is 3.41. The molecule has 5 heteroatoms. The van der Waals surface area contributed by atoms with Gasteiger partial charge in [0.05, 0.1) is 12.8 Å². The van der Waals surface area contributed by atoms with E-state index in [1.165, 1.54) is 11.1 Å². The summed E-state index contributed by atoms with van der Waals surface area (Å²) in [5.74, 6) is 0.808. The van der Waals surface area contributed by atoms with Crippen LogP contribution in [0.4, 0.5) is 5.69 Å². The number of hydrogen-bond acceptors (Lipinski definition) is 3. The number of para-hydroxylation sites is 2. The number of piperazine rings is 1. The van der Waals surface area contributed by atoms with Crippen molar-refractivity contribution in [2.45, 2.75) is 13.5 Å². The predicted octanol–water partition coefficient (Wildman–Crippen LogP) is 3.52. The Kier molecular flexibility index (Phi) is 5.89. The maximum atomic E-state index is 5.59. The van der Waals surface area contributed by atoms with Crippen molar-refractivity contribution in [2.24, 2.45) is 0 Å². The number of anilines is 1. The zero-order chi connectivity index (χ0) is 17.6. The van der Waals surface area contributed by atoms with Gasteiger partial charge in [0.25, 0.3) is 0 Å². The van der Waals surface area contributed by atoms with E-state index in [1.807, 2.05) is 24.3 Å². The molecule has 2 aromatic rings. The molecule has 0 unspecified atom stereocenters. The van der Waals surface area contributed by atoms with Gasteiger partial charge in [-0.25, -0.2) is 0 Å². The maximum absolute atomic E-state index is 5.59. The largest absolute Gasteiger partial charge is 0.495 e. The summed E-state index contributed by atoms with van der Waals surface area (Å²) in [5, 5.41) is 4.08. The summed E-state index contributed by atoms with van der Waals surface area (Å²) in [6.45, 7) is 7.05. The van der Waals surface area contributed by atoms with E-state index in [1.54, 1.807) is 7.11 Å². The van der Waals surface area contributed by atoms with Crippen molar-refractivity contribution < 1.29 is 4.74 Å². The molecule has 25 heavy (non-hydrogen) atoms. The van der Waals surface area contributed by atoms with Gasteiger partial charge < -0.3 is 15.0 Å². The Labute approximate surface area is 155 Å². The summed E-state index contributed by atoms with van der Waals surface area (Å²) in [6, 6.07) is 16.6. The second-order valence-electron chi connectivity index (χ2n) is 6.38.